The number of benzene rings is 1. The molecule has 1 aromatic heterocycles. The smallest absolute Gasteiger partial charge is 0.134 e. The molecule has 1 saturated heterocycles. The number of furan rings is 1. The van der Waals surface area contributed by atoms with Crippen LogP contribution in [0.1, 0.15) is 12.0 Å². The van der Waals surface area contributed by atoms with Gasteiger partial charge >= 0.3 is 0 Å². The highest BCUT2D eigenvalue weighted by molar-refractivity contribution is 5.80. The van der Waals surface area contributed by atoms with Gasteiger partial charge in [-0.05, 0) is 49.5 Å². The van der Waals surface area contributed by atoms with Gasteiger partial charge in [-0.3, -0.25) is 0 Å². The maximum absolute atomic E-state index is 5.41. The van der Waals surface area contributed by atoms with Crippen molar-refractivity contribution in [1.82, 2.24) is 5.32 Å². The Morgan fingerprint density at radius 3 is 3.20 bits per heavy atom. The molecule has 15 heavy (non-hydrogen) atoms. The monoisotopic (exact) mass is 201 g/mol. The van der Waals surface area contributed by atoms with Crippen LogP contribution in [0.15, 0.2) is 34.9 Å². The van der Waals surface area contributed by atoms with Crippen LogP contribution in [-0.4, -0.2) is 13.1 Å². The standard InChI is InChI=1S/C13H15NO/c1-2-11(8-10-4-6-14-9-10)12-5-7-15-13(12)3-1/h1-3,5,7,10,14H,4,6,8-9H2. The lowest BCUT2D eigenvalue weighted by Gasteiger charge is -2.08. The van der Waals surface area contributed by atoms with Gasteiger partial charge in [0.25, 0.3) is 0 Å². The Hall–Kier alpha value is -1.28. The molecule has 1 aromatic carbocycles. The maximum atomic E-state index is 5.41. The molecule has 78 valence electrons. The summed E-state index contributed by atoms with van der Waals surface area (Å²) in [4.78, 5) is 0. The largest absolute Gasteiger partial charge is 0.464 e. The molecule has 0 spiro atoms. The van der Waals surface area contributed by atoms with Crippen LogP contribution in [0.3, 0.4) is 0 Å². The summed E-state index contributed by atoms with van der Waals surface area (Å²) in [5, 5.41) is 4.69. The zero-order chi connectivity index (χ0) is 10.1. The van der Waals surface area contributed by atoms with E-state index in [0.717, 1.165) is 18.0 Å². The van der Waals surface area contributed by atoms with Gasteiger partial charge < -0.3 is 9.73 Å². The third-order valence-electron chi connectivity index (χ3n) is 3.26. The van der Waals surface area contributed by atoms with E-state index in [1.54, 1.807) is 6.26 Å². The molecule has 0 amide bonds. The predicted octanol–water partition coefficient (Wildman–Crippen LogP) is 2.58. The summed E-state index contributed by atoms with van der Waals surface area (Å²) in [5.74, 6) is 0.797. The average Bonchev–Trinajstić information content (AvgIpc) is 2.87. The van der Waals surface area contributed by atoms with Crippen LogP contribution in [-0.2, 0) is 6.42 Å². The zero-order valence-electron chi connectivity index (χ0n) is 8.70. The maximum Gasteiger partial charge on any atom is 0.134 e. The van der Waals surface area contributed by atoms with Gasteiger partial charge in [0.05, 0.1) is 6.26 Å². The molecule has 1 N–H and O–H groups in total. The summed E-state index contributed by atoms with van der Waals surface area (Å²) in [6, 6.07) is 8.42. The second-order valence-electron chi connectivity index (χ2n) is 4.31. The predicted molar refractivity (Wildman–Crippen MR) is 60.9 cm³/mol. The Labute approximate surface area is 89.3 Å². The molecule has 2 nitrogen and oxygen atoms in total. The quantitative estimate of drug-likeness (QED) is 0.808. The van der Waals surface area contributed by atoms with Gasteiger partial charge in [-0.1, -0.05) is 12.1 Å². The summed E-state index contributed by atoms with van der Waals surface area (Å²) < 4.78 is 5.41. The van der Waals surface area contributed by atoms with Crippen molar-refractivity contribution in [1.29, 1.82) is 0 Å². The van der Waals surface area contributed by atoms with E-state index in [4.69, 9.17) is 4.42 Å². The fourth-order valence-electron chi connectivity index (χ4n) is 2.43. The molecule has 1 atom stereocenters. The zero-order valence-corrected chi connectivity index (χ0v) is 8.70. The number of nitrogens with one attached hydrogen (secondary N) is 1. The molecule has 1 unspecified atom stereocenters. The number of hydrogen-bond acceptors (Lipinski definition) is 2. The van der Waals surface area contributed by atoms with Gasteiger partial charge in [-0.15, -0.1) is 0 Å². The van der Waals surface area contributed by atoms with Crippen molar-refractivity contribution in [2.75, 3.05) is 13.1 Å². The van der Waals surface area contributed by atoms with Crippen LogP contribution in [0.4, 0.5) is 0 Å². The van der Waals surface area contributed by atoms with E-state index in [9.17, 15) is 0 Å². The van der Waals surface area contributed by atoms with Crippen LogP contribution in [0.2, 0.25) is 0 Å². The van der Waals surface area contributed by atoms with Crippen molar-refractivity contribution in [3.63, 3.8) is 0 Å². The highest BCUT2D eigenvalue weighted by atomic mass is 16.3. The normalized spacial score (nSPS) is 21.2. The van der Waals surface area contributed by atoms with E-state index in [1.165, 1.54) is 30.3 Å². The van der Waals surface area contributed by atoms with E-state index >= 15 is 0 Å². The van der Waals surface area contributed by atoms with Gasteiger partial charge in [0.1, 0.15) is 5.58 Å². The van der Waals surface area contributed by atoms with Crippen molar-refractivity contribution in [2.24, 2.45) is 5.92 Å². The Kier molecular flexibility index (Phi) is 2.22. The third kappa shape index (κ3) is 1.65. The SMILES string of the molecule is c1cc(CC2CCNC2)c2ccoc2c1. The molecule has 2 heterocycles. The fourth-order valence-corrected chi connectivity index (χ4v) is 2.43. The van der Waals surface area contributed by atoms with Gasteiger partial charge in [0.15, 0.2) is 0 Å². The molecule has 2 heteroatoms. The molecule has 0 aliphatic carbocycles. The molecular formula is C13H15NO. The molecule has 1 aliphatic rings. The topological polar surface area (TPSA) is 25.2 Å². The van der Waals surface area contributed by atoms with Crippen molar-refractivity contribution < 1.29 is 4.42 Å². The highest BCUT2D eigenvalue weighted by Crippen LogP contribution is 2.24. The Morgan fingerprint density at radius 2 is 2.33 bits per heavy atom. The molecular weight excluding hydrogens is 186 g/mol. The average molecular weight is 201 g/mol. The number of hydrogen-bond donors (Lipinski definition) is 1. The summed E-state index contributed by atoms with van der Waals surface area (Å²) in [6.45, 7) is 2.33. The van der Waals surface area contributed by atoms with Gasteiger partial charge in [0.2, 0.25) is 0 Å². The van der Waals surface area contributed by atoms with Gasteiger partial charge in [-0.25, -0.2) is 0 Å². The first-order chi connectivity index (χ1) is 7.43. The van der Waals surface area contributed by atoms with Crippen LogP contribution in [0.25, 0.3) is 11.0 Å². The van der Waals surface area contributed by atoms with Crippen molar-refractivity contribution in [3.8, 4) is 0 Å². The van der Waals surface area contributed by atoms with E-state index in [2.05, 4.69) is 23.5 Å². The minimum Gasteiger partial charge on any atom is -0.464 e. The molecule has 0 bridgehead atoms. The second-order valence-corrected chi connectivity index (χ2v) is 4.31. The van der Waals surface area contributed by atoms with Gasteiger partial charge in [0, 0.05) is 5.39 Å². The third-order valence-corrected chi connectivity index (χ3v) is 3.26. The first kappa shape index (κ1) is 8.98. The summed E-state index contributed by atoms with van der Waals surface area (Å²) >= 11 is 0. The molecule has 0 radical (unpaired) electrons. The van der Waals surface area contributed by atoms with E-state index in [1.807, 2.05) is 6.07 Å². The minimum absolute atomic E-state index is 0.797. The number of fused-ring (bicyclic) bond motifs is 1. The first-order valence-corrected chi connectivity index (χ1v) is 5.59. The lowest BCUT2D eigenvalue weighted by atomic mass is 9.96. The van der Waals surface area contributed by atoms with Crippen molar-refractivity contribution in [2.45, 2.75) is 12.8 Å². The summed E-state index contributed by atoms with van der Waals surface area (Å²) in [6.07, 6.45) is 4.25. The molecule has 3 rings (SSSR count). The molecule has 2 aromatic rings. The molecule has 0 saturated carbocycles. The molecule has 1 fully saturated rings. The second kappa shape index (κ2) is 3.70. The number of rotatable bonds is 2. The Balaban J connectivity index is 1.92. The van der Waals surface area contributed by atoms with Crippen LogP contribution in [0, 0.1) is 5.92 Å². The lowest BCUT2D eigenvalue weighted by molar-refractivity contribution is 0.581. The fraction of sp³-hybridized carbons (Fsp3) is 0.385. The van der Waals surface area contributed by atoms with E-state index in [-0.39, 0.29) is 0 Å². The first-order valence-electron chi connectivity index (χ1n) is 5.59. The lowest BCUT2D eigenvalue weighted by Crippen LogP contribution is -2.10. The van der Waals surface area contributed by atoms with E-state index in [0.29, 0.717) is 0 Å². The summed E-state index contributed by atoms with van der Waals surface area (Å²) in [7, 11) is 0. The summed E-state index contributed by atoms with van der Waals surface area (Å²) in [5.41, 5.74) is 2.44. The Bertz CT molecular complexity index is 454. The van der Waals surface area contributed by atoms with E-state index < -0.39 is 0 Å². The Morgan fingerprint density at radius 1 is 1.33 bits per heavy atom. The van der Waals surface area contributed by atoms with Crippen LogP contribution < -0.4 is 5.32 Å². The minimum atomic E-state index is 0.797. The highest BCUT2D eigenvalue weighted by Gasteiger charge is 2.16. The van der Waals surface area contributed by atoms with Crippen molar-refractivity contribution in [3.05, 3.63) is 36.1 Å². The van der Waals surface area contributed by atoms with Gasteiger partial charge in [-0.2, -0.15) is 0 Å². The van der Waals surface area contributed by atoms with Crippen LogP contribution >= 0.6 is 0 Å². The molecule has 1 aliphatic heterocycles. The van der Waals surface area contributed by atoms with Crippen LogP contribution in [0.5, 0.6) is 0 Å². The van der Waals surface area contributed by atoms with Crippen molar-refractivity contribution >= 4 is 11.0 Å².